The monoisotopic (exact) mass is 371 g/mol. The number of carbonyl (C=O) groups excluding carboxylic acids is 2. The smallest absolute Gasteiger partial charge is 0.185 e. The highest BCUT2D eigenvalue weighted by atomic mass is 32.2. The van der Waals surface area contributed by atoms with Gasteiger partial charge in [0.1, 0.15) is 11.5 Å². The van der Waals surface area contributed by atoms with Crippen molar-refractivity contribution >= 4 is 29.6 Å². The highest BCUT2D eigenvalue weighted by Crippen LogP contribution is 2.25. The maximum absolute atomic E-state index is 12.4. The second-order valence-corrected chi connectivity index (χ2v) is 6.35. The van der Waals surface area contributed by atoms with Crippen LogP contribution in [-0.4, -0.2) is 31.7 Å². The summed E-state index contributed by atoms with van der Waals surface area (Å²) < 4.78 is 10.4. The van der Waals surface area contributed by atoms with E-state index >= 15 is 0 Å². The number of benzene rings is 2. The Hall–Kier alpha value is -2.73. The van der Waals surface area contributed by atoms with Crippen LogP contribution in [0.25, 0.3) is 6.08 Å². The molecule has 26 heavy (non-hydrogen) atoms. The molecular formula is C20H19O5S-. The van der Waals surface area contributed by atoms with Crippen LogP contribution in [0.2, 0.25) is 0 Å². The number of aliphatic carboxylic acids is 1. The summed E-state index contributed by atoms with van der Waals surface area (Å²) in [6, 6.07) is 12.5. The number of allylic oxidation sites excluding steroid dienone is 1. The molecule has 5 nitrogen and oxygen atoms in total. The molecule has 0 heterocycles. The van der Waals surface area contributed by atoms with Gasteiger partial charge in [-0.05, 0) is 42.0 Å². The first-order chi connectivity index (χ1) is 12.5. The van der Waals surface area contributed by atoms with Crippen molar-refractivity contribution in [3.8, 4) is 11.5 Å². The molecule has 0 bridgehead atoms. The van der Waals surface area contributed by atoms with E-state index < -0.39 is 5.97 Å². The van der Waals surface area contributed by atoms with Crippen LogP contribution in [-0.2, 0) is 10.5 Å². The van der Waals surface area contributed by atoms with Gasteiger partial charge < -0.3 is 19.4 Å². The lowest BCUT2D eigenvalue weighted by atomic mass is 10.1. The lowest BCUT2D eigenvalue weighted by molar-refractivity contribution is -0.301. The fourth-order valence-electron chi connectivity index (χ4n) is 2.27. The van der Waals surface area contributed by atoms with E-state index in [0.717, 1.165) is 16.9 Å². The molecule has 136 valence electrons. The Balaban J connectivity index is 2.11. The summed E-state index contributed by atoms with van der Waals surface area (Å²) in [5.74, 6) is 0.409. The highest BCUT2D eigenvalue weighted by Gasteiger charge is 2.09. The van der Waals surface area contributed by atoms with Gasteiger partial charge in [0.25, 0.3) is 0 Å². The number of rotatable bonds is 9. The predicted molar refractivity (Wildman–Crippen MR) is 101 cm³/mol. The third kappa shape index (κ3) is 5.67. The Kier molecular flexibility index (Phi) is 7.29. The molecule has 0 amide bonds. The van der Waals surface area contributed by atoms with Crippen molar-refractivity contribution in [1.82, 2.24) is 0 Å². The van der Waals surface area contributed by atoms with Crippen molar-refractivity contribution in [3.63, 3.8) is 0 Å². The summed E-state index contributed by atoms with van der Waals surface area (Å²) in [5.41, 5.74) is 2.17. The number of carboxylic acid groups (broad SMARTS) is 1. The zero-order valence-corrected chi connectivity index (χ0v) is 15.4. The van der Waals surface area contributed by atoms with Gasteiger partial charge in [-0.2, -0.15) is 11.8 Å². The van der Waals surface area contributed by atoms with Crippen LogP contribution in [0.1, 0.15) is 21.5 Å². The van der Waals surface area contributed by atoms with Crippen molar-refractivity contribution in [3.05, 3.63) is 65.2 Å². The molecule has 2 rings (SSSR count). The number of ketones is 1. The minimum absolute atomic E-state index is 0.112. The van der Waals surface area contributed by atoms with E-state index in [2.05, 4.69) is 0 Å². The molecule has 0 saturated carbocycles. The van der Waals surface area contributed by atoms with Gasteiger partial charge in [0.15, 0.2) is 5.78 Å². The molecule has 0 radical (unpaired) electrons. The average Bonchev–Trinajstić information content (AvgIpc) is 2.66. The molecule has 0 saturated heterocycles. The van der Waals surface area contributed by atoms with Crippen molar-refractivity contribution in [1.29, 1.82) is 0 Å². The first-order valence-corrected chi connectivity index (χ1v) is 9.00. The van der Waals surface area contributed by atoms with Crippen LogP contribution in [0.4, 0.5) is 0 Å². The van der Waals surface area contributed by atoms with Gasteiger partial charge >= 0.3 is 0 Å². The molecule has 0 aliphatic rings. The Morgan fingerprint density at radius 3 is 2.42 bits per heavy atom. The first-order valence-electron chi connectivity index (χ1n) is 7.84. The summed E-state index contributed by atoms with van der Waals surface area (Å²) in [6.07, 6.45) is 3.23. The molecule has 0 aliphatic carbocycles. The Labute approximate surface area is 156 Å². The molecule has 0 fully saturated rings. The van der Waals surface area contributed by atoms with Crippen LogP contribution in [0.3, 0.4) is 0 Å². The van der Waals surface area contributed by atoms with E-state index in [9.17, 15) is 14.7 Å². The number of ether oxygens (including phenoxy) is 2. The average molecular weight is 371 g/mol. The van der Waals surface area contributed by atoms with Gasteiger partial charge in [-0.3, -0.25) is 4.79 Å². The van der Waals surface area contributed by atoms with Crippen molar-refractivity contribution < 1.29 is 24.2 Å². The molecule has 0 N–H and O–H groups in total. The summed E-state index contributed by atoms with van der Waals surface area (Å²) in [6.45, 7) is 0. The standard InChI is InChI=1S/C20H20O5S/c1-24-17-7-3-14(4-8-17)5-9-18(21)15-6-10-19(25-2)16(11-15)12-26-13-20(22)23/h3-11H,12-13H2,1-2H3,(H,22,23)/p-1/b9-5+. The lowest BCUT2D eigenvalue weighted by Gasteiger charge is -2.10. The van der Waals surface area contributed by atoms with Crippen LogP contribution >= 0.6 is 11.8 Å². The maximum Gasteiger partial charge on any atom is 0.185 e. The number of hydrogen-bond acceptors (Lipinski definition) is 6. The van der Waals surface area contributed by atoms with Crippen LogP contribution in [0.5, 0.6) is 11.5 Å². The van der Waals surface area contributed by atoms with E-state index in [1.807, 2.05) is 24.3 Å². The molecule has 2 aromatic rings. The number of methoxy groups -OCH3 is 2. The van der Waals surface area contributed by atoms with Gasteiger partial charge in [0.2, 0.25) is 0 Å². The van der Waals surface area contributed by atoms with Crippen LogP contribution < -0.4 is 14.6 Å². The predicted octanol–water partition coefficient (Wildman–Crippen LogP) is 2.58. The zero-order valence-electron chi connectivity index (χ0n) is 14.6. The zero-order chi connectivity index (χ0) is 18.9. The largest absolute Gasteiger partial charge is 0.549 e. The second kappa shape index (κ2) is 9.68. The molecule has 0 atom stereocenters. The Morgan fingerprint density at radius 2 is 1.81 bits per heavy atom. The fourth-order valence-corrected chi connectivity index (χ4v) is 2.99. The van der Waals surface area contributed by atoms with E-state index in [1.54, 1.807) is 31.4 Å². The minimum Gasteiger partial charge on any atom is -0.549 e. The summed E-state index contributed by atoms with van der Waals surface area (Å²) >= 11 is 1.19. The van der Waals surface area contributed by atoms with Crippen molar-refractivity contribution in [2.75, 3.05) is 20.0 Å². The highest BCUT2D eigenvalue weighted by molar-refractivity contribution is 7.99. The minimum atomic E-state index is -1.12. The number of hydrogen-bond donors (Lipinski definition) is 0. The molecule has 0 aliphatic heterocycles. The van der Waals surface area contributed by atoms with E-state index in [-0.39, 0.29) is 11.5 Å². The first kappa shape index (κ1) is 19.6. The van der Waals surface area contributed by atoms with Crippen LogP contribution in [0, 0.1) is 0 Å². The maximum atomic E-state index is 12.4. The van der Waals surface area contributed by atoms with E-state index in [0.29, 0.717) is 17.1 Å². The fraction of sp³-hybridized carbons (Fsp3) is 0.200. The number of carbonyl (C=O) groups is 2. The molecule has 0 spiro atoms. The lowest BCUT2D eigenvalue weighted by Crippen LogP contribution is -2.24. The molecule has 2 aromatic carbocycles. The molecule has 6 heteroatoms. The van der Waals surface area contributed by atoms with Gasteiger partial charge in [-0.15, -0.1) is 0 Å². The van der Waals surface area contributed by atoms with Crippen molar-refractivity contribution in [2.24, 2.45) is 0 Å². The van der Waals surface area contributed by atoms with Gasteiger partial charge in [0, 0.05) is 22.6 Å². The number of thioether (sulfide) groups is 1. The van der Waals surface area contributed by atoms with Gasteiger partial charge in [-0.25, -0.2) is 0 Å². The summed E-state index contributed by atoms with van der Waals surface area (Å²) in [7, 11) is 3.13. The molecule has 0 aromatic heterocycles. The quantitative estimate of drug-likeness (QED) is 0.498. The third-order valence-electron chi connectivity index (χ3n) is 3.59. The van der Waals surface area contributed by atoms with E-state index in [4.69, 9.17) is 9.47 Å². The second-order valence-electron chi connectivity index (χ2n) is 5.36. The van der Waals surface area contributed by atoms with Crippen LogP contribution in [0.15, 0.2) is 48.5 Å². The van der Waals surface area contributed by atoms with Gasteiger partial charge in [0.05, 0.1) is 20.2 Å². The van der Waals surface area contributed by atoms with Crippen molar-refractivity contribution in [2.45, 2.75) is 5.75 Å². The normalized spacial score (nSPS) is 10.7. The SMILES string of the molecule is COc1ccc(/C=C/C(=O)c2ccc(OC)c(CSCC(=O)[O-])c2)cc1. The van der Waals surface area contributed by atoms with E-state index in [1.165, 1.54) is 24.9 Å². The Morgan fingerprint density at radius 1 is 1.08 bits per heavy atom. The van der Waals surface area contributed by atoms with Gasteiger partial charge in [-0.1, -0.05) is 18.2 Å². The number of carboxylic acids is 1. The summed E-state index contributed by atoms with van der Waals surface area (Å²) in [5, 5.41) is 10.5. The topological polar surface area (TPSA) is 75.7 Å². The summed E-state index contributed by atoms with van der Waals surface area (Å²) in [4.78, 5) is 23.0. The molecular weight excluding hydrogens is 352 g/mol. The Bertz CT molecular complexity index is 796. The molecule has 0 unspecified atom stereocenters. The third-order valence-corrected chi connectivity index (χ3v) is 4.54.